The summed E-state index contributed by atoms with van der Waals surface area (Å²) in [6, 6.07) is 4.95. The quantitative estimate of drug-likeness (QED) is 0.626. The minimum Gasteiger partial charge on any atom is -0.312 e. The van der Waals surface area contributed by atoms with Crippen LogP contribution in [0, 0.1) is 37.5 Å². The molecule has 1 aliphatic carbocycles. The Morgan fingerprint density at radius 1 is 1.33 bits per heavy atom. The lowest BCUT2D eigenvalue weighted by Gasteiger charge is -2.17. The zero-order chi connectivity index (χ0) is 19.7. The van der Waals surface area contributed by atoms with E-state index in [9.17, 15) is 30.3 Å². The number of hydrogen-bond donors (Lipinski definition) is 1. The number of carbonyl (C=O) groups excluding carboxylic acids is 1. The molecule has 1 amide bonds. The third-order valence-corrected chi connectivity index (χ3v) is 5.65. The van der Waals surface area contributed by atoms with Crippen LogP contribution >= 0.6 is 11.3 Å². The topological polar surface area (TPSA) is 139 Å². The molecule has 3 rings (SSSR count). The fourth-order valence-electron chi connectivity index (χ4n) is 3.10. The molecule has 0 fully saturated rings. The van der Waals surface area contributed by atoms with Crippen LogP contribution in [0.2, 0.25) is 0 Å². The van der Waals surface area contributed by atoms with E-state index in [2.05, 4.69) is 18.3 Å². The van der Waals surface area contributed by atoms with Gasteiger partial charge in [-0.05, 0) is 36.8 Å². The number of benzene rings is 1. The summed E-state index contributed by atoms with van der Waals surface area (Å²) in [6.45, 7) is 2.12. The van der Waals surface area contributed by atoms with Crippen molar-refractivity contribution in [2.75, 3.05) is 5.32 Å². The van der Waals surface area contributed by atoms with Gasteiger partial charge in [0.05, 0.1) is 21.5 Å². The highest BCUT2D eigenvalue weighted by Gasteiger charge is 2.28. The molecule has 0 radical (unpaired) electrons. The van der Waals surface area contributed by atoms with Crippen LogP contribution in [0.4, 0.5) is 16.4 Å². The van der Waals surface area contributed by atoms with E-state index < -0.39 is 27.1 Å². The summed E-state index contributed by atoms with van der Waals surface area (Å²) in [5, 5.41) is 34.5. The number of nitrogens with one attached hydrogen (secondary N) is 1. The summed E-state index contributed by atoms with van der Waals surface area (Å²) >= 11 is 1.30. The van der Waals surface area contributed by atoms with Crippen molar-refractivity contribution in [1.82, 2.24) is 0 Å². The zero-order valence-corrected chi connectivity index (χ0v) is 15.0. The lowest BCUT2D eigenvalue weighted by molar-refractivity contribution is -0.394. The van der Waals surface area contributed by atoms with Crippen LogP contribution in [0.3, 0.4) is 0 Å². The molecule has 1 aromatic carbocycles. The van der Waals surface area contributed by atoms with E-state index in [1.54, 1.807) is 0 Å². The number of nitro benzene ring substituents is 2. The molecule has 1 atom stereocenters. The number of hydrogen-bond acceptors (Lipinski definition) is 7. The van der Waals surface area contributed by atoms with E-state index in [0.717, 1.165) is 47.9 Å². The zero-order valence-electron chi connectivity index (χ0n) is 14.2. The average molecular weight is 386 g/mol. The Hall–Kier alpha value is -3.32. The van der Waals surface area contributed by atoms with Crippen molar-refractivity contribution in [2.45, 2.75) is 26.2 Å². The molecular formula is C17H14N4O5S. The minimum atomic E-state index is -0.839. The predicted octanol–water partition coefficient (Wildman–Crippen LogP) is 3.81. The highest BCUT2D eigenvalue weighted by atomic mass is 32.1. The number of thiophene rings is 1. The van der Waals surface area contributed by atoms with E-state index in [1.165, 1.54) is 11.3 Å². The first-order valence-electron chi connectivity index (χ1n) is 8.10. The van der Waals surface area contributed by atoms with Crippen molar-refractivity contribution in [3.8, 4) is 6.07 Å². The van der Waals surface area contributed by atoms with Crippen LogP contribution in [0.25, 0.3) is 0 Å². The second-order valence-corrected chi connectivity index (χ2v) is 7.44. The largest absolute Gasteiger partial charge is 0.312 e. The van der Waals surface area contributed by atoms with Gasteiger partial charge >= 0.3 is 0 Å². The van der Waals surface area contributed by atoms with E-state index in [4.69, 9.17) is 0 Å². The number of nitriles is 1. The first kappa shape index (κ1) is 18.5. The van der Waals surface area contributed by atoms with Gasteiger partial charge in [-0.15, -0.1) is 11.3 Å². The molecule has 0 aliphatic heterocycles. The number of nitrogens with zero attached hydrogens (tertiary/aromatic N) is 3. The molecule has 2 aromatic rings. The van der Waals surface area contributed by atoms with E-state index in [1.807, 2.05) is 0 Å². The lowest BCUT2D eigenvalue weighted by atomic mass is 9.88. The molecule has 0 unspecified atom stereocenters. The van der Waals surface area contributed by atoms with Crippen molar-refractivity contribution < 1.29 is 14.6 Å². The standard InChI is InChI=1S/C17H14N4O5S/c1-9-2-4-11-13(8-18)17(27-15(11)6-9)19-16(22)12-5-3-10(20(23)24)7-14(12)21(25)26/h3,5,7,9H,2,4,6H2,1H3,(H,19,22)/t9-/m1/s1. The smallest absolute Gasteiger partial charge is 0.289 e. The molecule has 27 heavy (non-hydrogen) atoms. The van der Waals surface area contributed by atoms with Crippen molar-refractivity contribution >= 4 is 33.6 Å². The maximum absolute atomic E-state index is 12.6. The molecule has 1 heterocycles. The Kier molecular flexibility index (Phi) is 4.87. The maximum atomic E-state index is 12.6. The summed E-state index contributed by atoms with van der Waals surface area (Å²) in [5.41, 5.74) is -0.116. The van der Waals surface area contributed by atoms with Crippen molar-refractivity contribution in [1.29, 1.82) is 5.26 Å². The Balaban J connectivity index is 1.96. The van der Waals surface area contributed by atoms with Gasteiger partial charge in [-0.25, -0.2) is 0 Å². The highest BCUT2D eigenvalue weighted by molar-refractivity contribution is 7.16. The number of fused-ring (bicyclic) bond motifs is 1. The summed E-state index contributed by atoms with van der Waals surface area (Å²) in [4.78, 5) is 34.1. The Morgan fingerprint density at radius 3 is 2.70 bits per heavy atom. The Labute approximate surface area is 157 Å². The molecule has 138 valence electrons. The number of nitro groups is 2. The normalized spacial score (nSPS) is 15.5. The number of anilines is 1. The Morgan fingerprint density at radius 2 is 2.07 bits per heavy atom. The molecule has 0 spiro atoms. The molecular weight excluding hydrogens is 372 g/mol. The molecule has 10 heteroatoms. The SMILES string of the molecule is C[C@@H]1CCc2c(sc(NC(=O)c3ccc([N+](=O)[O-])cc3[N+](=O)[O-])c2C#N)C1. The first-order chi connectivity index (χ1) is 12.8. The molecule has 1 N–H and O–H groups in total. The van der Waals surface area contributed by atoms with Crippen LogP contribution in [0.1, 0.15) is 39.7 Å². The number of amides is 1. The lowest BCUT2D eigenvalue weighted by Crippen LogP contribution is -2.14. The molecule has 9 nitrogen and oxygen atoms in total. The molecule has 0 bridgehead atoms. The van der Waals surface area contributed by atoms with Gasteiger partial charge in [-0.2, -0.15) is 5.26 Å². The number of carbonyl (C=O) groups is 1. The molecule has 0 saturated carbocycles. The van der Waals surface area contributed by atoms with Gasteiger partial charge in [-0.3, -0.25) is 25.0 Å². The molecule has 1 aromatic heterocycles. The second-order valence-electron chi connectivity index (χ2n) is 6.34. The fraction of sp³-hybridized carbons (Fsp3) is 0.294. The summed E-state index contributed by atoms with van der Waals surface area (Å²) in [6.07, 6.45) is 2.53. The summed E-state index contributed by atoms with van der Waals surface area (Å²) < 4.78 is 0. The van der Waals surface area contributed by atoms with Crippen LogP contribution in [0.5, 0.6) is 0 Å². The van der Waals surface area contributed by atoms with Crippen LogP contribution in [0.15, 0.2) is 18.2 Å². The minimum absolute atomic E-state index is 0.297. The van der Waals surface area contributed by atoms with Crippen LogP contribution in [-0.4, -0.2) is 15.8 Å². The van der Waals surface area contributed by atoms with Crippen molar-refractivity contribution in [3.63, 3.8) is 0 Å². The predicted molar refractivity (Wildman–Crippen MR) is 97.9 cm³/mol. The van der Waals surface area contributed by atoms with Gasteiger partial charge in [0.25, 0.3) is 17.3 Å². The molecule has 0 saturated heterocycles. The summed E-state index contributed by atoms with van der Waals surface area (Å²) in [5.74, 6) is -0.290. The van der Waals surface area contributed by atoms with Gasteiger partial charge in [0, 0.05) is 10.9 Å². The van der Waals surface area contributed by atoms with Gasteiger partial charge in [0.15, 0.2) is 0 Å². The number of rotatable bonds is 4. The second kappa shape index (κ2) is 7.13. The third kappa shape index (κ3) is 3.50. The van der Waals surface area contributed by atoms with Gasteiger partial charge < -0.3 is 5.32 Å². The summed E-state index contributed by atoms with van der Waals surface area (Å²) in [7, 11) is 0. The van der Waals surface area contributed by atoms with E-state index >= 15 is 0 Å². The van der Waals surface area contributed by atoms with Gasteiger partial charge in [0.2, 0.25) is 0 Å². The van der Waals surface area contributed by atoms with Crippen LogP contribution < -0.4 is 5.32 Å². The first-order valence-corrected chi connectivity index (χ1v) is 8.92. The highest BCUT2D eigenvalue weighted by Crippen LogP contribution is 2.39. The monoisotopic (exact) mass is 386 g/mol. The van der Waals surface area contributed by atoms with E-state index in [-0.39, 0.29) is 5.56 Å². The van der Waals surface area contributed by atoms with Crippen molar-refractivity contribution in [2.24, 2.45) is 5.92 Å². The van der Waals surface area contributed by atoms with Crippen LogP contribution in [-0.2, 0) is 12.8 Å². The van der Waals surface area contributed by atoms with Gasteiger partial charge in [0.1, 0.15) is 16.6 Å². The fourth-order valence-corrected chi connectivity index (χ4v) is 4.46. The third-order valence-electron chi connectivity index (χ3n) is 4.48. The van der Waals surface area contributed by atoms with Crippen molar-refractivity contribution in [3.05, 3.63) is 60.0 Å². The van der Waals surface area contributed by atoms with E-state index in [0.29, 0.717) is 16.5 Å². The maximum Gasteiger partial charge on any atom is 0.289 e. The van der Waals surface area contributed by atoms with Gasteiger partial charge in [-0.1, -0.05) is 6.92 Å². The number of non-ortho nitro benzene ring substituents is 1. The average Bonchev–Trinajstić information content (AvgIpc) is 2.96. The molecule has 1 aliphatic rings. The Bertz CT molecular complexity index is 1010.